The van der Waals surface area contributed by atoms with Crippen LogP contribution in [0.4, 0.5) is 4.39 Å². The van der Waals surface area contributed by atoms with Gasteiger partial charge >= 0.3 is 0 Å². The van der Waals surface area contributed by atoms with Crippen molar-refractivity contribution in [2.45, 2.75) is 52.6 Å². The van der Waals surface area contributed by atoms with E-state index in [0.717, 1.165) is 31.7 Å². The zero-order chi connectivity index (χ0) is 15.6. The molecular formula is C18H29FN2. The summed E-state index contributed by atoms with van der Waals surface area (Å²) < 4.78 is 14.2. The molecule has 0 aromatic heterocycles. The summed E-state index contributed by atoms with van der Waals surface area (Å²) in [6.45, 7) is 15.1. The van der Waals surface area contributed by atoms with Gasteiger partial charge in [0.15, 0.2) is 0 Å². The fourth-order valence-corrected chi connectivity index (χ4v) is 3.08. The number of halogens is 1. The molecule has 1 fully saturated rings. The highest BCUT2D eigenvalue weighted by Crippen LogP contribution is 2.27. The first kappa shape index (κ1) is 16.4. The number of hydrogen-bond donors (Lipinski definition) is 0. The van der Waals surface area contributed by atoms with E-state index < -0.39 is 0 Å². The number of nitrogens with zero attached hydrogens (tertiary/aromatic N) is 2. The lowest BCUT2D eigenvalue weighted by Gasteiger charge is -2.40. The zero-order valence-corrected chi connectivity index (χ0v) is 14.1. The lowest BCUT2D eigenvalue weighted by molar-refractivity contribution is 0.0822. The predicted molar refractivity (Wildman–Crippen MR) is 87.2 cm³/mol. The fraction of sp³-hybridized carbons (Fsp3) is 0.667. The van der Waals surface area contributed by atoms with Crippen molar-refractivity contribution < 1.29 is 4.39 Å². The van der Waals surface area contributed by atoms with E-state index >= 15 is 0 Å². The minimum Gasteiger partial charge on any atom is -0.298 e. The molecule has 1 aromatic carbocycles. The number of piperazine rings is 1. The van der Waals surface area contributed by atoms with Crippen molar-refractivity contribution >= 4 is 0 Å². The number of hydrogen-bond acceptors (Lipinski definition) is 2. The van der Waals surface area contributed by atoms with Crippen LogP contribution >= 0.6 is 0 Å². The van der Waals surface area contributed by atoms with E-state index in [1.165, 1.54) is 5.56 Å². The van der Waals surface area contributed by atoms with E-state index in [4.69, 9.17) is 0 Å². The van der Waals surface area contributed by atoms with Gasteiger partial charge in [-0.25, -0.2) is 4.39 Å². The largest absolute Gasteiger partial charge is 0.298 e. The van der Waals surface area contributed by atoms with Gasteiger partial charge in [0, 0.05) is 43.8 Å². The molecule has 2 rings (SSSR count). The summed E-state index contributed by atoms with van der Waals surface area (Å²) in [5, 5.41) is 0. The molecule has 0 aliphatic carbocycles. The van der Waals surface area contributed by atoms with Crippen LogP contribution in [0.1, 0.15) is 57.7 Å². The molecule has 1 aliphatic rings. The van der Waals surface area contributed by atoms with E-state index in [1.807, 2.05) is 6.07 Å². The molecule has 1 aliphatic heterocycles. The standard InChI is InChI=1S/C18H29FN2/c1-13(2)16-6-7-18(19)17(12-16)15(5)21-10-8-20(9-11-21)14(3)4/h6-7,12-15H,8-11H2,1-5H3/t15-/m0/s1. The second kappa shape index (κ2) is 6.89. The average molecular weight is 292 g/mol. The van der Waals surface area contributed by atoms with Gasteiger partial charge in [-0.2, -0.15) is 0 Å². The predicted octanol–water partition coefficient (Wildman–Crippen LogP) is 4.04. The number of rotatable bonds is 4. The first-order chi connectivity index (χ1) is 9.90. The Hall–Kier alpha value is -0.930. The van der Waals surface area contributed by atoms with Crippen LogP contribution in [0.5, 0.6) is 0 Å². The maximum atomic E-state index is 14.2. The maximum Gasteiger partial charge on any atom is 0.127 e. The lowest BCUT2D eigenvalue weighted by atomic mass is 9.97. The molecule has 1 atom stereocenters. The summed E-state index contributed by atoms with van der Waals surface area (Å²) in [4.78, 5) is 4.89. The first-order valence-corrected chi connectivity index (χ1v) is 8.17. The van der Waals surface area contributed by atoms with Gasteiger partial charge in [0.25, 0.3) is 0 Å². The summed E-state index contributed by atoms with van der Waals surface area (Å²) in [5.74, 6) is 0.368. The van der Waals surface area contributed by atoms with Crippen LogP contribution < -0.4 is 0 Å². The lowest BCUT2D eigenvalue weighted by Crippen LogP contribution is -2.49. The molecule has 0 N–H and O–H groups in total. The highest BCUT2D eigenvalue weighted by atomic mass is 19.1. The van der Waals surface area contributed by atoms with Crippen LogP contribution in [0, 0.1) is 5.82 Å². The Balaban J connectivity index is 2.10. The van der Waals surface area contributed by atoms with Crippen LogP contribution in [-0.2, 0) is 0 Å². The van der Waals surface area contributed by atoms with Crippen molar-refractivity contribution in [1.29, 1.82) is 0 Å². The molecule has 1 saturated heterocycles. The van der Waals surface area contributed by atoms with Crippen molar-refractivity contribution in [3.8, 4) is 0 Å². The molecule has 21 heavy (non-hydrogen) atoms. The second-order valence-electron chi connectivity index (χ2n) is 6.78. The van der Waals surface area contributed by atoms with Gasteiger partial charge in [0.2, 0.25) is 0 Å². The molecule has 118 valence electrons. The van der Waals surface area contributed by atoms with Gasteiger partial charge in [-0.15, -0.1) is 0 Å². The fourth-order valence-electron chi connectivity index (χ4n) is 3.08. The number of benzene rings is 1. The molecule has 0 spiro atoms. The van der Waals surface area contributed by atoms with E-state index in [1.54, 1.807) is 6.07 Å². The first-order valence-electron chi connectivity index (χ1n) is 8.17. The van der Waals surface area contributed by atoms with Crippen LogP contribution in [-0.4, -0.2) is 42.0 Å². The summed E-state index contributed by atoms with van der Waals surface area (Å²) in [6.07, 6.45) is 0. The molecule has 1 aromatic rings. The van der Waals surface area contributed by atoms with Crippen molar-refractivity contribution in [3.05, 3.63) is 35.1 Å². The molecule has 0 bridgehead atoms. The summed E-state index contributed by atoms with van der Waals surface area (Å²) in [7, 11) is 0. The Morgan fingerprint density at radius 1 is 0.905 bits per heavy atom. The maximum absolute atomic E-state index is 14.2. The van der Waals surface area contributed by atoms with E-state index in [-0.39, 0.29) is 11.9 Å². The third-order valence-corrected chi connectivity index (χ3v) is 4.76. The van der Waals surface area contributed by atoms with Gasteiger partial charge in [-0.1, -0.05) is 26.0 Å². The van der Waals surface area contributed by atoms with Crippen molar-refractivity contribution in [2.24, 2.45) is 0 Å². The van der Waals surface area contributed by atoms with E-state index in [9.17, 15) is 4.39 Å². The van der Waals surface area contributed by atoms with Gasteiger partial charge in [-0.3, -0.25) is 9.80 Å². The quantitative estimate of drug-likeness (QED) is 0.826. The zero-order valence-electron chi connectivity index (χ0n) is 14.1. The third-order valence-electron chi connectivity index (χ3n) is 4.76. The molecule has 0 unspecified atom stereocenters. The monoisotopic (exact) mass is 292 g/mol. The third kappa shape index (κ3) is 3.83. The molecule has 0 radical (unpaired) electrons. The summed E-state index contributed by atoms with van der Waals surface area (Å²) in [5.41, 5.74) is 2.07. The van der Waals surface area contributed by atoms with Crippen molar-refractivity contribution in [3.63, 3.8) is 0 Å². The van der Waals surface area contributed by atoms with Crippen LogP contribution in [0.25, 0.3) is 0 Å². The highest BCUT2D eigenvalue weighted by molar-refractivity contribution is 5.29. The molecule has 3 heteroatoms. The Labute approximate surface area is 128 Å². The van der Waals surface area contributed by atoms with Crippen LogP contribution in [0.2, 0.25) is 0 Å². The average Bonchev–Trinajstić information content (AvgIpc) is 2.47. The molecular weight excluding hydrogens is 263 g/mol. The normalized spacial score (nSPS) is 19.4. The van der Waals surface area contributed by atoms with E-state index in [0.29, 0.717) is 12.0 Å². The Morgan fingerprint density at radius 3 is 2.00 bits per heavy atom. The van der Waals surface area contributed by atoms with Gasteiger partial charge in [0.1, 0.15) is 5.82 Å². The molecule has 1 heterocycles. The van der Waals surface area contributed by atoms with Crippen LogP contribution in [0.15, 0.2) is 18.2 Å². The topological polar surface area (TPSA) is 6.48 Å². The van der Waals surface area contributed by atoms with Gasteiger partial charge in [0.05, 0.1) is 0 Å². The van der Waals surface area contributed by atoms with Crippen LogP contribution in [0.3, 0.4) is 0 Å². The molecule has 0 amide bonds. The second-order valence-corrected chi connectivity index (χ2v) is 6.78. The summed E-state index contributed by atoms with van der Waals surface area (Å²) >= 11 is 0. The van der Waals surface area contributed by atoms with Gasteiger partial charge < -0.3 is 0 Å². The van der Waals surface area contributed by atoms with Gasteiger partial charge in [-0.05, 0) is 38.3 Å². The Bertz CT molecular complexity index is 462. The smallest absolute Gasteiger partial charge is 0.127 e. The molecule has 2 nitrogen and oxygen atoms in total. The Morgan fingerprint density at radius 2 is 1.48 bits per heavy atom. The molecule has 0 saturated carbocycles. The Kier molecular flexibility index (Phi) is 5.39. The van der Waals surface area contributed by atoms with Crippen molar-refractivity contribution in [1.82, 2.24) is 9.80 Å². The highest BCUT2D eigenvalue weighted by Gasteiger charge is 2.25. The minimum absolute atomic E-state index is 0.0711. The summed E-state index contributed by atoms with van der Waals surface area (Å²) in [6, 6.07) is 6.35. The van der Waals surface area contributed by atoms with Crippen molar-refractivity contribution in [2.75, 3.05) is 26.2 Å². The van der Waals surface area contributed by atoms with E-state index in [2.05, 4.69) is 50.5 Å². The SMILES string of the molecule is CC(C)c1ccc(F)c([C@H](C)N2CCN(C(C)C)CC2)c1. The minimum atomic E-state index is -0.0711.